The highest BCUT2D eigenvalue weighted by Crippen LogP contribution is 2.19. The molecule has 1 fully saturated rings. The molecular weight excluding hydrogens is 308 g/mol. The topological polar surface area (TPSA) is 24.1 Å². The molecule has 1 aliphatic rings. The third-order valence-electron chi connectivity index (χ3n) is 3.02. The molecule has 5 heteroatoms. The molecule has 0 heterocycles. The minimum Gasteiger partial charge on any atom is -0.359 e. The monoisotopic (exact) mass is 330 g/mol. The van der Waals surface area contributed by atoms with Gasteiger partial charge < -0.3 is 10.0 Å². The van der Waals surface area contributed by atoms with Crippen LogP contribution in [0.3, 0.4) is 0 Å². The van der Waals surface area contributed by atoms with Gasteiger partial charge in [0, 0.05) is 16.0 Å². The van der Waals surface area contributed by atoms with Crippen LogP contribution in [0.15, 0.2) is 29.2 Å². The Hall–Kier alpha value is -0.450. The lowest BCUT2D eigenvalue weighted by Crippen LogP contribution is -2.40. The number of thiocarbonyl (C=S) groups is 1. The van der Waals surface area contributed by atoms with E-state index in [0.29, 0.717) is 6.04 Å². The molecule has 1 aliphatic carbocycles. The average Bonchev–Trinajstić information content (AvgIpc) is 2.50. The Bertz CT molecular complexity index is 389. The first kappa shape index (κ1) is 17.6. The maximum atomic E-state index is 5.84. The number of nitrogens with one attached hydrogen (secondary N) is 2. The van der Waals surface area contributed by atoms with Crippen molar-refractivity contribution >= 4 is 40.9 Å². The van der Waals surface area contributed by atoms with Crippen LogP contribution in [0, 0.1) is 0 Å². The number of hydrogen-bond donors (Lipinski definition) is 2. The fraction of sp³-hybridized carbons (Fsp3) is 0.533. The molecule has 1 saturated carbocycles. The van der Waals surface area contributed by atoms with Crippen molar-refractivity contribution in [2.45, 2.75) is 56.9 Å². The molecule has 2 rings (SSSR count). The summed E-state index contributed by atoms with van der Waals surface area (Å²) in [5.41, 5.74) is 0. The molecule has 2 nitrogen and oxygen atoms in total. The Balaban J connectivity index is 0.000000956. The van der Waals surface area contributed by atoms with Gasteiger partial charge in [-0.05, 0) is 61.3 Å². The van der Waals surface area contributed by atoms with Gasteiger partial charge in [0.15, 0.2) is 5.11 Å². The van der Waals surface area contributed by atoms with E-state index in [-0.39, 0.29) is 0 Å². The number of hydrogen-bond acceptors (Lipinski definition) is 2. The van der Waals surface area contributed by atoms with Gasteiger partial charge >= 0.3 is 0 Å². The molecule has 1 aromatic rings. The van der Waals surface area contributed by atoms with E-state index in [1.807, 2.05) is 38.1 Å². The molecule has 0 spiro atoms. The molecular formula is C15H23ClN2S2. The van der Waals surface area contributed by atoms with Crippen molar-refractivity contribution in [3.05, 3.63) is 29.3 Å². The van der Waals surface area contributed by atoms with Crippen molar-refractivity contribution in [3.8, 4) is 0 Å². The van der Waals surface area contributed by atoms with Crippen molar-refractivity contribution in [2.75, 3.05) is 0 Å². The van der Waals surface area contributed by atoms with E-state index in [2.05, 4.69) is 10.0 Å². The van der Waals surface area contributed by atoms with Crippen molar-refractivity contribution in [1.82, 2.24) is 10.0 Å². The van der Waals surface area contributed by atoms with E-state index in [4.69, 9.17) is 23.8 Å². The molecule has 20 heavy (non-hydrogen) atoms. The third kappa shape index (κ3) is 6.82. The predicted molar refractivity (Wildman–Crippen MR) is 94.4 cm³/mol. The van der Waals surface area contributed by atoms with Crippen molar-refractivity contribution in [1.29, 1.82) is 0 Å². The highest BCUT2D eigenvalue weighted by Gasteiger charge is 2.13. The second kappa shape index (κ2) is 10.3. The predicted octanol–water partition coefficient (Wildman–Crippen LogP) is 5.17. The van der Waals surface area contributed by atoms with Crippen molar-refractivity contribution in [2.24, 2.45) is 0 Å². The Morgan fingerprint density at radius 3 is 2.35 bits per heavy atom. The standard InChI is InChI=1S/C13H17ClN2S2.C2H6/c14-10-6-8-12(9-7-10)18-16-13(17)15-11-4-2-1-3-5-11;1-2/h6-9,11H,1-5H2,(H2,15,16,17);1-2H3. The summed E-state index contributed by atoms with van der Waals surface area (Å²) >= 11 is 12.6. The first-order chi connectivity index (χ1) is 9.74. The van der Waals surface area contributed by atoms with Crippen LogP contribution < -0.4 is 10.0 Å². The summed E-state index contributed by atoms with van der Waals surface area (Å²) < 4.78 is 3.16. The lowest BCUT2D eigenvalue weighted by atomic mass is 9.96. The SMILES string of the molecule is CC.S=C(NSc1ccc(Cl)cc1)NC1CCCCC1. The van der Waals surface area contributed by atoms with E-state index < -0.39 is 0 Å². The molecule has 2 N–H and O–H groups in total. The lowest BCUT2D eigenvalue weighted by molar-refractivity contribution is 0.413. The van der Waals surface area contributed by atoms with Gasteiger partial charge in [0.2, 0.25) is 0 Å². The third-order valence-corrected chi connectivity index (χ3v) is 4.43. The van der Waals surface area contributed by atoms with Crippen LogP contribution in [0.5, 0.6) is 0 Å². The van der Waals surface area contributed by atoms with Gasteiger partial charge in [-0.3, -0.25) is 0 Å². The summed E-state index contributed by atoms with van der Waals surface area (Å²) in [6, 6.07) is 8.25. The quantitative estimate of drug-likeness (QED) is 0.589. The minimum absolute atomic E-state index is 0.546. The largest absolute Gasteiger partial charge is 0.359 e. The van der Waals surface area contributed by atoms with Crippen LogP contribution >= 0.6 is 35.8 Å². The molecule has 0 radical (unpaired) electrons. The Morgan fingerprint density at radius 2 is 1.75 bits per heavy atom. The van der Waals surface area contributed by atoms with Crippen LogP contribution in [-0.2, 0) is 0 Å². The van der Waals surface area contributed by atoms with Gasteiger partial charge in [0.05, 0.1) is 0 Å². The highest BCUT2D eigenvalue weighted by molar-refractivity contribution is 7.99. The van der Waals surface area contributed by atoms with Gasteiger partial charge in [0.25, 0.3) is 0 Å². The first-order valence-corrected chi connectivity index (χ1v) is 8.83. The second-order valence-corrected chi connectivity index (χ2v) is 6.19. The fourth-order valence-electron chi connectivity index (χ4n) is 2.07. The van der Waals surface area contributed by atoms with Gasteiger partial charge in [0.1, 0.15) is 0 Å². The zero-order chi connectivity index (χ0) is 14.8. The number of halogens is 1. The first-order valence-electron chi connectivity index (χ1n) is 7.23. The molecule has 0 bridgehead atoms. The zero-order valence-corrected chi connectivity index (χ0v) is 14.5. The number of benzene rings is 1. The van der Waals surface area contributed by atoms with Crippen molar-refractivity contribution in [3.63, 3.8) is 0 Å². The van der Waals surface area contributed by atoms with Gasteiger partial charge in [-0.25, -0.2) is 0 Å². The number of rotatable bonds is 3. The van der Waals surface area contributed by atoms with Crippen LogP contribution in [0.1, 0.15) is 46.0 Å². The van der Waals surface area contributed by atoms with Crippen LogP contribution in [0.4, 0.5) is 0 Å². The second-order valence-electron chi connectivity index (χ2n) is 4.47. The minimum atomic E-state index is 0.546. The summed E-state index contributed by atoms with van der Waals surface area (Å²) in [6.07, 6.45) is 6.44. The molecule has 0 amide bonds. The molecule has 112 valence electrons. The molecule has 0 atom stereocenters. The maximum absolute atomic E-state index is 5.84. The Kier molecular flexibility index (Phi) is 9.07. The highest BCUT2D eigenvalue weighted by atomic mass is 35.5. The summed E-state index contributed by atoms with van der Waals surface area (Å²) in [5.74, 6) is 0. The van der Waals surface area contributed by atoms with Gasteiger partial charge in [-0.2, -0.15) is 0 Å². The summed E-state index contributed by atoms with van der Waals surface area (Å²) in [7, 11) is 0. The average molecular weight is 331 g/mol. The maximum Gasteiger partial charge on any atom is 0.176 e. The van der Waals surface area contributed by atoms with Gasteiger partial charge in [-0.1, -0.05) is 44.7 Å². The van der Waals surface area contributed by atoms with E-state index in [1.54, 1.807) is 0 Å². The zero-order valence-electron chi connectivity index (χ0n) is 12.1. The summed E-state index contributed by atoms with van der Waals surface area (Å²) in [6.45, 7) is 4.00. The van der Waals surface area contributed by atoms with Gasteiger partial charge in [-0.15, -0.1) is 0 Å². The summed E-state index contributed by atoms with van der Waals surface area (Å²) in [5, 5.41) is 4.85. The molecule has 0 aliphatic heterocycles. The van der Waals surface area contributed by atoms with E-state index in [1.165, 1.54) is 44.1 Å². The molecule has 0 saturated heterocycles. The fourth-order valence-corrected chi connectivity index (χ4v) is 3.03. The summed E-state index contributed by atoms with van der Waals surface area (Å²) in [4.78, 5) is 1.10. The van der Waals surface area contributed by atoms with E-state index >= 15 is 0 Å². The Morgan fingerprint density at radius 1 is 1.15 bits per heavy atom. The smallest absolute Gasteiger partial charge is 0.176 e. The molecule has 0 unspecified atom stereocenters. The van der Waals surface area contributed by atoms with E-state index in [0.717, 1.165) is 15.0 Å². The van der Waals surface area contributed by atoms with Crippen LogP contribution in [0.2, 0.25) is 5.02 Å². The normalized spacial score (nSPS) is 14.9. The lowest BCUT2D eigenvalue weighted by Gasteiger charge is -2.24. The van der Waals surface area contributed by atoms with Crippen molar-refractivity contribution < 1.29 is 0 Å². The molecule has 1 aromatic carbocycles. The molecule has 0 aromatic heterocycles. The Labute approximate surface area is 137 Å². The van der Waals surface area contributed by atoms with Crippen LogP contribution in [-0.4, -0.2) is 11.2 Å². The van der Waals surface area contributed by atoms with E-state index in [9.17, 15) is 0 Å². The van der Waals surface area contributed by atoms with Crippen LogP contribution in [0.25, 0.3) is 0 Å².